The number of furan rings is 1. The Morgan fingerprint density at radius 1 is 0.351 bits per heavy atom. The highest BCUT2D eigenvalue weighted by Gasteiger charge is 2.30. The Morgan fingerprint density at radius 3 is 1.60 bits per heavy atom. The van der Waals surface area contributed by atoms with Crippen LogP contribution in [0.25, 0.3) is 76.9 Å². The Kier molecular flexibility index (Phi) is 7.25. The standard InChI is InChI=1S/C51H37N5O/c1-4-14-32(15-5-1)49-52-50(33-16-6-2-7-17-33)54-51(53-49)34-24-26-36(27-25-34)56-44-31-46-41(37-20-11-13-23-45(37)57-46)30-40(44)38-28-29-43-47(48(38)56)39-21-10-12-22-42(39)55(43)35-18-8-3-9-19-35/h1-31,49-54H. The van der Waals surface area contributed by atoms with E-state index in [4.69, 9.17) is 4.42 Å². The minimum atomic E-state index is -0.0976. The maximum Gasteiger partial charge on any atom is 0.137 e. The Labute approximate surface area is 328 Å². The largest absolute Gasteiger partial charge is 0.456 e. The van der Waals surface area contributed by atoms with Gasteiger partial charge >= 0.3 is 0 Å². The van der Waals surface area contributed by atoms with Gasteiger partial charge in [0, 0.05) is 49.8 Å². The smallest absolute Gasteiger partial charge is 0.137 e. The molecule has 12 rings (SSSR count). The van der Waals surface area contributed by atoms with E-state index in [2.05, 4.69) is 207 Å². The summed E-state index contributed by atoms with van der Waals surface area (Å²) in [7, 11) is 0. The van der Waals surface area contributed by atoms with Crippen LogP contribution in [0.1, 0.15) is 35.2 Å². The van der Waals surface area contributed by atoms with Crippen LogP contribution in [-0.4, -0.2) is 9.13 Å². The van der Waals surface area contributed by atoms with Crippen LogP contribution in [0.2, 0.25) is 0 Å². The van der Waals surface area contributed by atoms with Gasteiger partial charge in [-0.3, -0.25) is 16.0 Å². The van der Waals surface area contributed by atoms with Gasteiger partial charge in [-0.05, 0) is 65.2 Å². The highest BCUT2D eigenvalue weighted by molar-refractivity contribution is 6.27. The molecule has 6 heteroatoms. The lowest BCUT2D eigenvalue weighted by molar-refractivity contribution is 0.203. The molecule has 4 heterocycles. The van der Waals surface area contributed by atoms with Gasteiger partial charge in [0.2, 0.25) is 0 Å². The molecule has 0 amide bonds. The molecule has 6 nitrogen and oxygen atoms in total. The van der Waals surface area contributed by atoms with Crippen molar-refractivity contribution in [1.82, 2.24) is 25.1 Å². The third kappa shape index (κ3) is 5.09. The zero-order chi connectivity index (χ0) is 37.5. The molecular formula is C51H37N5O. The fourth-order valence-corrected chi connectivity index (χ4v) is 9.23. The van der Waals surface area contributed by atoms with Gasteiger partial charge in [0.05, 0.1) is 40.6 Å². The van der Waals surface area contributed by atoms with E-state index in [0.717, 1.165) is 44.4 Å². The van der Waals surface area contributed by atoms with E-state index in [1.165, 1.54) is 49.2 Å². The second-order valence-electron chi connectivity index (χ2n) is 15.1. The molecule has 1 aliphatic rings. The number of fused-ring (bicyclic) bond motifs is 10. The zero-order valence-corrected chi connectivity index (χ0v) is 30.9. The molecule has 57 heavy (non-hydrogen) atoms. The molecule has 0 bridgehead atoms. The molecule has 11 aromatic rings. The molecule has 0 spiro atoms. The van der Waals surface area contributed by atoms with E-state index in [-0.39, 0.29) is 18.5 Å². The van der Waals surface area contributed by atoms with Gasteiger partial charge in [0.1, 0.15) is 11.2 Å². The molecule has 3 N–H and O–H groups in total. The molecular weight excluding hydrogens is 699 g/mol. The molecule has 2 unspecified atom stereocenters. The van der Waals surface area contributed by atoms with Crippen molar-refractivity contribution in [2.75, 3.05) is 0 Å². The van der Waals surface area contributed by atoms with E-state index in [9.17, 15) is 0 Å². The Balaban J connectivity index is 1.08. The van der Waals surface area contributed by atoms with Crippen molar-refractivity contribution in [1.29, 1.82) is 0 Å². The number of nitrogens with one attached hydrogen (secondary N) is 3. The van der Waals surface area contributed by atoms with Crippen molar-refractivity contribution < 1.29 is 4.42 Å². The van der Waals surface area contributed by atoms with Gasteiger partial charge in [-0.25, -0.2) is 0 Å². The van der Waals surface area contributed by atoms with Gasteiger partial charge in [-0.1, -0.05) is 133 Å². The summed E-state index contributed by atoms with van der Waals surface area (Å²) < 4.78 is 11.4. The van der Waals surface area contributed by atoms with Crippen molar-refractivity contribution in [3.8, 4) is 11.4 Å². The predicted octanol–water partition coefficient (Wildman–Crippen LogP) is 12.0. The second-order valence-corrected chi connectivity index (χ2v) is 15.1. The van der Waals surface area contributed by atoms with Crippen molar-refractivity contribution in [2.45, 2.75) is 18.5 Å². The number of aromatic nitrogens is 2. The van der Waals surface area contributed by atoms with Crippen molar-refractivity contribution >= 4 is 65.6 Å². The minimum absolute atomic E-state index is 0.0406. The van der Waals surface area contributed by atoms with E-state index in [1.807, 2.05) is 6.07 Å². The molecule has 0 saturated carbocycles. The average Bonchev–Trinajstić information content (AvgIpc) is 3.93. The molecule has 2 atom stereocenters. The first-order chi connectivity index (χ1) is 28.3. The summed E-state index contributed by atoms with van der Waals surface area (Å²) in [5.74, 6) is 0. The van der Waals surface area contributed by atoms with Crippen LogP contribution < -0.4 is 16.0 Å². The number of hydrogen-bond acceptors (Lipinski definition) is 4. The highest BCUT2D eigenvalue weighted by Crippen LogP contribution is 2.44. The molecule has 0 radical (unpaired) electrons. The SMILES string of the molecule is c1ccc(C2NC(c3ccccc3)NC(c3ccc(-n4c5cc6oc7ccccc7c6cc5c5ccc6c(c7ccccc7n6-c6ccccc6)c54)cc3)N2)cc1. The molecule has 1 aliphatic heterocycles. The fourth-order valence-electron chi connectivity index (χ4n) is 9.23. The number of hydrogen-bond donors (Lipinski definition) is 3. The topological polar surface area (TPSA) is 59.1 Å². The summed E-state index contributed by atoms with van der Waals surface area (Å²) in [6.45, 7) is 0. The van der Waals surface area contributed by atoms with Crippen LogP contribution in [-0.2, 0) is 0 Å². The normalized spacial score (nSPS) is 17.4. The number of rotatable bonds is 5. The lowest BCUT2D eigenvalue weighted by Gasteiger charge is -2.39. The monoisotopic (exact) mass is 735 g/mol. The van der Waals surface area contributed by atoms with Gasteiger partial charge in [0.25, 0.3) is 0 Å². The Morgan fingerprint density at radius 2 is 0.912 bits per heavy atom. The van der Waals surface area contributed by atoms with Crippen molar-refractivity contribution in [3.63, 3.8) is 0 Å². The maximum absolute atomic E-state index is 6.52. The average molecular weight is 736 g/mol. The molecule has 272 valence electrons. The third-order valence-corrected chi connectivity index (χ3v) is 11.8. The molecule has 0 aliphatic carbocycles. The third-order valence-electron chi connectivity index (χ3n) is 11.8. The summed E-state index contributed by atoms with van der Waals surface area (Å²) in [6, 6.07) is 67.3. The molecule has 3 aromatic heterocycles. The Hall–Kier alpha value is -6.96. The van der Waals surface area contributed by atoms with Crippen LogP contribution >= 0.6 is 0 Å². The Bertz CT molecular complexity index is 3230. The predicted molar refractivity (Wildman–Crippen MR) is 233 cm³/mol. The molecule has 1 saturated heterocycles. The highest BCUT2D eigenvalue weighted by atomic mass is 16.3. The first-order valence-electron chi connectivity index (χ1n) is 19.6. The van der Waals surface area contributed by atoms with Gasteiger partial charge in [-0.2, -0.15) is 0 Å². The second kappa shape index (κ2) is 12.8. The number of para-hydroxylation sites is 3. The lowest BCUT2D eigenvalue weighted by atomic mass is 10.0. The van der Waals surface area contributed by atoms with Gasteiger partial charge in [-0.15, -0.1) is 0 Å². The molecule has 8 aromatic carbocycles. The molecule has 1 fully saturated rings. The van der Waals surface area contributed by atoms with Crippen LogP contribution in [0.4, 0.5) is 0 Å². The quantitative estimate of drug-likeness (QED) is 0.165. The van der Waals surface area contributed by atoms with E-state index < -0.39 is 0 Å². The van der Waals surface area contributed by atoms with E-state index in [0.29, 0.717) is 0 Å². The van der Waals surface area contributed by atoms with E-state index >= 15 is 0 Å². The lowest BCUT2D eigenvalue weighted by Crippen LogP contribution is -2.54. The van der Waals surface area contributed by atoms with E-state index in [1.54, 1.807) is 0 Å². The minimum Gasteiger partial charge on any atom is -0.456 e. The summed E-state index contributed by atoms with van der Waals surface area (Å²) in [4.78, 5) is 0. The fraction of sp³-hybridized carbons (Fsp3) is 0.0588. The van der Waals surface area contributed by atoms with Gasteiger partial charge < -0.3 is 13.6 Å². The summed E-state index contributed by atoms with van der Waals surface area (Å²) in [5.41, 5.74) is 12.2. The van der Waals surface area contributed by atoms with Crippen LogP contribution in [0.5, 0.6) is 0 Å². The maximum atomic E-state index is 6.52. The first-order valence-corrected chi connectivity index (χ1v) is 19.6. The van der Waals surface area contributed by atoms with Crippen LogP contribution in [0, 0.1) is 0 Å². The summed E-state index contributed by atoms with van der Waals surface area (Å²) >= 11 is 0. The number of benzene rings is 8. The summed E-state index contributed by atoms with van der Waals surface area (Å²) in [6.07, 6.45) is -0.179. The number of nitrogens with zero attached hydrogens (tertiary/aromatic N) is 2. The zero-order valence-electron chi connectivity index (χ0n) is 30.9. The van der Waals surface area contributed by atoms with Crippen LogP contribution in [0.15, 0.2) is 192 Å². The van der Waals surface area contributed by atoms with Crippen molar-refractivity contribution in [2.24, 2.45) is 0 Å². The van der Waals surface area contributed by atoms with Crippen molar-refractivity contribution in [3.05, 3.63) is 205 Å². The van der Waals surface area contributed by atoms with Crippen LogP contribution in [0.3, 0.4) is 0 Å². The first kappa shape index (κ1) is 32.3. The van der Waals surface area contributed by atoms with Gasteiger partial charge in [0.15, 0.2) is 0 Å². The summed E-state index contributed by atoms with van der Waals surface area (Å²) in [5, 5.41) is 18.6.